The molecule has 0 N–H and O–H groups in total. The standard InChI is InChI=1S/C23H19ClN2.2ClH.Zn/c1-18-25-16-17-26(18)23(19-10-4-2-5-11-19,20-12-6-3-7-13-20)21-14-8-9-15-22(21)24;;;/h2-17H,1H3;2*1H;/q;;;+2/p-2. The summed E-state index contributed by atoms with van der Waals surface area (Å²) < 4.78 is 2.21. The average molecular weight is 495 g/mol. The van der Waals surface area contributed by atoms with Gasteiger partial charge in [-0.2, -0.15) is 0 Å². The molecule has 4 rings (SSSR count). The second-order valence-electron chi connectivity index (χ2n) is 6.37. The third-order valence-electron chi connectivity index (χ3n) is 4.83. The average Bonchev–Trinajstić information content (AvgIpc) is 3.18. The predicted octanol–water partition coefficient (Wildman–Crippen LogP) is 7.06. The van der Waals surface area contributed by atoms with Crippen LogP contribution in [0.3, 0.4) is 0 Å². The number of aromatic nitrogens is 2. The number of benzene rings is 3. The molecule has 144 valence electrons. The molecule has 6 heteroatoms. The molecule has 0 radical (unpaired) electrons. The van der Waals surface area contributed by atoms with Crippen molar-refractivity contribution in [2.45, 2.75) is 12.5 Å². The Kier molecular flexibility index (Phi) is 7.92. The molecule has 0 aliphatic rings. The Morgan fingerprint density at radius 2 is 1.28 bits per heavy atom. The SMILES string of the molecule is Cc1nccn1C(c1ccccc1)(c1ccccc1)c1ccccc1Cl.[Cl][Zn][Cl]. The van der Waals surface area contributed by atoms with Crippen molar-refractivity contribution in [2.24, 2.45) is 0 Å². The number of halogens is 3. The Bertz CT molecular complexity index is 997. The van der Waals surface area contributed by atoms with Gasteiger partial charge in [-0.05, 0) is 24.1 Å². The van der Waals surface area contributed by atoms with Crippen LogP contribution in [-0.2, 0) is 20.7 Å². The summed E-state index contributed by atoms with van der Waals surface area (Å²) in [5, 5.41) is 0.730. The first-order valence-electron chi connectivity index (χ1n) is 9.14. The maximum atomic E-state index is 6.74. The zero-order valence-electron chi connectivity index (χ0n) is 16.0. The van der Waals surface area contributed by atoms with Crippen LogP contribution in [0.5, 0.6) is 0 Å². The van der Waals surface area contributed by atoms with E-state index in [2.05, 4.69) is 64.1 Å². The van der Waals surface area contributed by atoms with Crippen LogP contribution >= 0.6 is 31.0 Å². The zero-order chi connectivity index (χ0) is 20.7. The third kappa shape index (κ3) is 4.44. The number of imidazole rings is 1. The summed E-state index contributed by atoms with van der Waals surface area (Å²) in [6.45, 7) is 2.03. The van der Waals surface area contributed by atoms with Gasteiger partial charge in [0, 0.05) is 23.0 Å². The van der Waals surface area contributed by atoms with Crippen molar-refractivity contribution in [2.75, 3.05) is 0 Å². The van der Waals surface area contributed by atoms with Crippen molar-refractivity contribution < 1.29 is 15.1 Å². The Hall–Kier alpha value is -1.64. The number of hydrogen-bond donors (Lipinski definition) is 0. The van der Waals surface area contributed by atoms with Crippen molar-refractivity contribution in [3.05, 3.63) is 125 Å². The number of aryl methyl sites for hydroxylation is 1. The van der Waals surface area contributed by atoms with Crippen LogP contribution in [-0.4, -0.2) is 9.55 Å². The number of nitrogens with zero attached hydrogens (tertiary/aromatic N) is 2. The predicted molar refractivity (Wildman–Crippen MR) is 118 cm³/mol. The molecular weight excluding hydrogens is 476 g/mol. The summed E-state index contributed by atoms with van der Waals surface area (Å²) in [6, 6.07) is 29.0. The van der Waals surface area contributed by atoms with Gasteiger partial charge in [0.05, 0.1) is 0 Å². The van der Waals surface area contributed by atoms with E-state index in [1.165, 1.54) is 0 Å². The van der Waals surface area contributed by atoms with E-state index in [1.54, 1.807) is 0 Å². The topological polar surface area (TPSA) is 17.8 Å². The van der Waals surface area contributed by atoms with Gasteiger partial charge in [0.15, 0.2) is 0 Å². The van der Waals surface area contributed by atoms with E-state index in [9.17, 15) is 0 Å². The maximum absolute atomic E-state index is 6.74. The van der Waals surface area contributed by atoms with Crippen LogP contribution < -0.4 is 0 Å². The fourth-order valence-corrected chi connectivity index (χ4v) is 4.00. The van der Waals surface area contributed by atoms with Crippen molar-refractivity contribution in [3.8, 4) is 0 Å². The van der Waals surface area contributed by atoms with E-state index in [0.717, 1.165) is 27.5 Å². The van der Waals surface area contributed by atoms with E-state index in [0.29, 0.717) is 0 Å². The summed E-state index contributed by atoms with van der Waals surface area (Å²) in [4.78, 5) is 4.51. The van der Waals surface area contributed by atoms with Gasteiger partial charge in [0.1, 0.15) is 11.4 Å². The van der Waals surface area contributed by atoms with Crippen molar-refractivity contribution >= 4 is 31.0 Å². The Morgan fingerprint density at radius 3 is 1.72 bits per heavy atom. The van der Waals surface area contributed by atoms with Crippen LogP contribution in [0.4, 0.5) is 0 Å². The molecule has 0 aliphatic heterocycles. The van der Waals surface area contributed by atoms with E-state index >= 15 is 0 Å². The van der Waals surface area contributed by atoms with Crippen LogP contribution in [0.2, 0.25) is 5.02 Å². The molecule has 0 aliphatic carbocycles. The monoisotopic (exact) mass is 492 g/mol. The Balaban J connectivity index is 0.000000755. The summed E-state index contributed by atoms with van der Waals surface area (Å²) in [7, 11) is 9.90. The van der Waals surface area contributed by atoms with E-state index in [4.69, 9.17) is 31.0 Å². The first-order valence-corrected chi connectivity index (χ1v) is 17.3. The van der Waals surface area contributed by atoms with Gasteiger partial charge in [0.2, 0.25) is 0 Å². The van der Waals surface area contributed by atoms with Crippen molar-refractivity contribution in [3.63, 3.8) is 0 Å². The third-order valence-corrected chi connectivity index (χ3v) is 5.16. The zero-order valence-corrected chi connectivity index (χ0v) is 21.2. The normalized spacial score (nSPS) is 10.6. The molecule has 3 aromatic carbocycles. The molecule has 0 atom stereocenters. The second-order valence-corrected chi connectivity index (χ2v) is 11.4. The molecule has 1 aromatic heterocycles. The Labute approximate surface area is 192 Å². The van der Waals surface area contributed by atoms with Crippen molar-refractivity contribution in [1.29, 1.82) is 0 Å². The van der Waals surface area contributed by atoms with Crippen LogP contribution in [0, 0.1) is 6.92 Å². The molecule has 2 nitrogen and oxygen atoms in total. The molecule has 0 amide bonds. The summed E-state index contributed by atoms with van der Waals surface area (Å²) in [5.74, 6) is 0.928. The molecule has 1 heterocycles. The fraction of sp³-hybridized carbons (Fsp3) is 0.0870. The first kappa shape index (κ1) is 22.1. The second kappa shape index (κ2) is 10.4. The number of hydrogen-bond acceptors (Lipinski definition) is 1. The molecule has 0 saturated heterocycles. The molecule has 0 spiro atoms. The Morgan fingerprint density at radius 1 is 0.793 bits per heavy atom. The number of rotatable bonds is 4. The van der Waals surface area contributed by atoms with Gasteiger partial charge in [-0.3, -0.25) is 0 Å². The van der Waals surface area contributed by atoms with E-state index < -0.39 is 20.7 Å². The van der Waals surface area contributed by atoms with Gasteiger partial charge in [-0.15, -0.1) is 0 Å². The molecule has 0 fully saturated rings. The molecule has 0 unspecified atom stereocenters. The summed E-state index contributed by atoms with van der Waals surface area (Å²) in [6.07, 6.45) is 3.87. The van der Waals surface area contributed by atoms with E-state index in [-0.39, 0.29) is 0 Å². The molecule has 29 heavy (non-hydrogen) atoms. The van der Waals surface area contributed by atoms with E-state index in [1.807, 2.05) is 49.6 Å². The minimum atomic E-state index is -0.931. The molecule has 0 saturated carbocycles. The van der Waals surface area contributed by atoms with Gasteiger partial charge < -0.3 is 4.57 Å². The fourth-order valence-electron chi connectivity index (χ4n) is 3.73. The van der Waals surface area contributed by atoms with Crippen LogP contribution in [0.15, 0.2) is 97.3 Å². The summed E-state index contributed by atoms with van der Waals surface area (Å²) >= 11 is 5.81. The van der Waals surface area contributed by atoms with Gasteiger partial charge >= 0.3 is 34.5 Å². The van der Waals surface area contributed by atoms with Gasteiger partial charge in [-0.25, -0.2) is 4.98 Å². The molecule has 4 aromatic rings. The quantitative estimate of drug-likeness (QED) is 0.219. The molecular formula is C23H19Cl3N2Zn. The van der Waals surface area contributed by atoms with Gasteiger partial charge in [-0.1, -0.05) is 90.5 Å². The molecule has 0 bridgehead atoms. The van der Waals surface area contributed by atoms with Crippen LogP contribution in [0.25, 0.3) is 0 Å². The minimum absolute atomic E-state index is 0.596. The summed E-state index contributed by atoms with van der Waals surface area (Å²) in [5.41, 5.74) is 2.71. The first-order chi connectivity index (χ1) is 14.2. The van der Waals surface area contributed by atoms with Crippen LogP contribution in [0.1, 0.15) is 22.5 Å². The van der Waals surface area contributed by atoms with Crippen molar-refractivity contribution in [1.82, 2.24) is 9.55 Å². The van der Waals surface area contributed by atoms with Gasteiger partial charge in [0.25, 0.3) is 0 Å².